The van der Waals surface area contributed by atoms with Crippen LogP contribution in [-0.2, 0) is 0 Å². The molecule has 0 fully saturated rings. The van der Waals surface area contributed by atoms with Crippen molar-refractivity contribution in [1.29, 1.82) is 0 Å². The van der Waals surface area contributed by atoms with Gasteiger partial charge in [0, 0.05) is 15.1 Å². The van der Waals surface area contributed by atoms with Gasteiger partial charge in [-0.25, -0.2) is 0 Å². The van der Waals surface area contributed by atoms with E-state index in [0.29, 0.717) is 15.1 Å². The fourth-order valence-corrected chi connectivity index (χ4v) is 3.90. The Morgan fingerprint density at radius 2 is 0.800 bits per heavy atom. The molecule has 3 heteroatoms. The molecular formula is C27H23Cl3. The molecule has 0 saturated carbocycles. The van der Waals surface area contributed by atoms with Crippen molar-refractivity contribution in [1.82, 2.24) is 0 Å². The second-order valence-electron chi connectivity index (χ2n) is 7.41. The molecule has 0 bridgehead atoms. The van der Waals surface area contributed by atoms with Crippen LogP contribution in [0.25, 0.3) is 22.3 Å². The summed E-state index contributed by atoms with van der Waals surface area (Å²) in [7, 11) is 0. The molecule has 0 N–H and O–H groups in total. The van der Waals surface area contributed by atoms with Crippen LogP contribution in [0.15, 0.2) is 84.9 Å². The van der Waals surface area contributed by atoms with Crippen molar-refractivity contribution in [3.8, 4) is 22.3 Å². The van der Waals surface area contributed by atoms with Crippen molar-refractivity contribution in [3.63, 3.8) is 0 Å². The Morgan fingerprint density at radius 3 is 1.30 bits per heavy atom. The van der Waals surface area contributed by atoms with Crippen LogP contribution in [-0.4, -0.2) is 0 Å². The summed E-state index contributed by atoms with van der Waals surface area (Å²) in [6.07, 6.45) is 0. The van der Waals surface area contributed by atoms with Crippen molar-refractivity contribution < 1.29 is 0 Å². The minimum atomic E-state index is 0.632. The lowest BCUT2D eigenvalue weighted by atomic mass is 10.00. The van der Waals surface area contributed by atoms with E-state index >= 15 is 0 Å². The second-order valence-corrected chi connectivity index (χ2v) is 8.72. The molecule has 0 aliphatic rings. The van der Waals surface area contributed by atoms with Gasteiger partial charge in [0.1, 0.15) is 0 Å². The van der Waals surface area contributed by atoms with Crippen LogP contribution >= 0.6 is 34.8 Å². The zero-order valence-electron chi connectivity index (χ0n) is 17.2. The summed E-state index contributed by atoms with van der Waals surface area (Å²) >= 11 is 17.7. The molecule has 0 radical (unpaired) electrons. The van der Waals surface area contributed by atoms with E-state index in [4.69, 9.17) is 34.8 Å². The molecule has 0 nitrogen and oxygen atoms in total. The molecule has 4 rings (SSSR count). The van der Waals surface area contributed by atoms with Crippen LogP contribution in [0.2, 0.25) is 15.1 Å². The molecule has 152 valence electrons. The van der Waals surface area contributed by atoms with Crippen molar-refractivity contribution >= 4 is 34.8 Å². The molecule has 30 heavy (non-hydrogen) atoms. The summed E-state index contributed by atoms with van der Waals surface area (Å²) in [5.41, 5.74) is 8.60. The first kappa shape index (κ1) is 22.4. The predicted molar refractivity (Wildman–Crippen MR) is 133 cm³/mol. The molecule has 4 aromatic rings. The van der Waals surface area contributed by atoms with Crippen molar-refractivity contribution in [2.45, 2.75) is 20.8 Å². The van der Waals surface area contributed by atoms with Gasteiger partial charge in [-0.05, 0) is 73.4 Å². The molecule has 4 aromatic carbocycles. The largest absolute Gasteiger partial charge is 0.0843 e. The maximum Gasteiger partial charge on any atom is 0.0426 e. The molecule has 0 heterocycles. The molecule has 0 aliphatic heterocycles. The minimum absolute atomic E-state index is 0.632. The van der Waals surface area contributed by atoms with Gasteiger partial charge in [0.15, 0.2) is 0 Å². The molecular weight excluding hydrogens is 431 g/mol. The van der Waals surface area contributed by atoms with E-state index in [2.05, 4.69) is 63.2 Å². The molecule has 0 amide bonds. The van der Waals surface area contributed by atoms with Crippen molar-refractivity contribution in [2.75, 3.05) is 0 Å². The number of hydrogen-bond donors (Lipinski definition) is 0. The van der Waals surface area contributed by atoms with Crippen LogP contribution in [0.4, 0.5) is 0 Å². The lowest BCUT2D eigenvalue weighted by Crippen LogP contribution is -1.82. The molecule has 0 aliphatic carbocycles. The average Bonchev–Trinajstić information content (AvgIpc) is 2.68. The van der Waals surface area contributed by atoms with Crippen LogP contribution < -0.4 is 0 Å². The van der Waals surface area contributed by atoms with E-state index in [1.807, 2.05) is 36.4 Å². The molecule has 0 saturated heterocycles. The van der Waals surface area contributed by atoms with Gasteiger partial charge >= 0.3 is 0 Å². The van der Waals surface area contributed by atoms with E-state index < -0.39 is 0 Å². The van der Waals surface area contributed by atoms with Gasteiger partial charge in [-0.3, -0.25) is 0 Å². The van der Waals surface area contributed by atoms with E-state index in [1.165, 1.54) is 27.8 Å². The minimum Gasteiger partial charge on any atom is -0.0843 e. The van der Waals surface area contributed by atoms with Crippen LogP contribution in [0.5, 0.6) is 0 Å². The summed E-state index contributed by atoms with van der Waals surface area (Å²) in [4.78, 5) is 0. The summed E-state index contributed by atoms with van der Waals surface area (Å²) in [6, 6.07) is 28.4. The van der Waals surface area contributed by atoms with Gasteiger partial charge in [0.05, 0.1) is 0 Å². The maximum absolute atomic E-state index is 5.92. The topological polar surface area (TPSA) is 0 Å². The molecule has 0 aromatic heterocycles. The average molecular weight is 454 g/mol. The van der Waals surface area contributed by atoms with Crippen LogP contribution in [0.1, 0.15) is 16.7 Å². The Kier molecular flexibility index (Phi) is 7.61. The predicted octanol–water partition coefficient (Wildman–Crippen LogP) is 9.59. The Balaban J connectivity index is 0.000000171. The van der Waals surface area contributed by atoms with Crippen LogP contribution in [0.3, 0.4) is 0 Å². The normalized spacial score (nSPS) is 10.3. The highest BCUT2D eigenvalue weighted by Gasteiger charge is 2.01. The SMILES string of the molecule is Cc1ccc(-c2cc(C)cc(C)c2)cc1.Clc1ccc(-c2cc(Cl)cc(Cl)c2)cc1. The van der Waals surface area contributed by atoms with Gasteiger partial charge < -0.3 is 0 Å². The summed E-state index contributed by atoms with van der Waals surface area (Å²) < 4.78 is 0. The van der Waals surface area contributed by atoms with Gasteiger partial charge in [-0.2, -0.15) is 0 Å². The molecule has 0 unspecified atom stereocenters. The summed E-state index contributed by atoms with van der Waals surface area (Å²) in [6.45, 7) is 6.40. The first-order chi connectivity index (χ1) is 14.3. The van der Waals surface area contributed by atoms with E-state index in [9.17, 15) is 0 Å². The third-order valence-corrected chi connectivity index (χ3v) is 5.34. The fourth-order valence-electron chi connectivity index (χ4n) is 3.25. The van der Waals surface area contributed by atoms with Gasteiger partial charge in [0.2, 0.25) is 0 Å². The summed E-state index contributed by atoms with van der Waals surface area (Å²) in [5.74, 6) is 0. The first-order valence-electron chi connectivity index (χ1n) is 9.67. The first-order valence-corrected chi connectivity index (χ1v) is 10.8. The monoisotopic (exact) mass is 452 g/mol. The Morgan fingerprint density at radius 1 is 0.367 bits per heavy atom. The molecule has 0 atom stereocenters. The van der Waals surface area contributed by atoms with Crippen LogP contribution in [0, 0.1) is 20.8 Å². The summed E-state index contributed by atoms with van der Waals surface area (Å²) in [5, 5.41) is 1.98. The highest BCUT2D eigenvalue weighted by molar-refractivity contribution is 6.35. The molecule has 0 spiro atoms. The quantitative estimate of drug-likeness (QED) is 0.283. The third-order valence-electron chi connectivity index (χ3n) is 4.65. The smallest absolute Gasteiger partial charge is 0.0426 e. The standard InChI is InChI=1S/C15H16.C12H7Cl3/c1-11-4-6-14(7-5-11)15-9-12(2)8-13(3)10-15;13-10-3-1-8(2-4-10)9-5-11(14)7-12(15)6-9/h4-10H,1-3H3;1-7H. The number of aryl methyl sites for hydroxylation is 3. The Bertz CT molecular complexity index is 994. The number of halogens is 3. The van der Waals surface area contributed by atoms with Gasteiger partial charge in [-0.1, -0.05) is 106 Å². The third kappa shape index (κ3) is 6.37. The van der Waals surface area contributed by atoms with E-state index in [1.54, 1.807) is 6.07 Å². The van der Waals surface area contributed by atoms with Crippen molar-refractivity contribution in [3.05, 3.63) is 117 Å². The number of benzene rings is 4. The maximum atomic E-state index is 5.92. The Hall–Kier alpha value is -2.25. The lowest BCUT2D eigenvalue weighted by Gasteiger charge is -2.05. The second kappa shape index (κ2) is 10.2. The zero-order valence-corrected chi connectivity index (χ0v) is 19.5. The van der Waals surface area contributed by atoms with Gasteiger partial charge in [0.25, 0.3) is 0 Å². The van der Waals surface area contributed by atoms with E-state index in [0.717, 1.165) is 11.1 Å². The number of hydrogen-bond acceptors (Lipinski definition) is 0. The zero-order chi connectivity index (χ0) is 21.7. The van der Waals surface area contributed by atoms with Gasteiger partial charge in [-0.15, -0.1) is 0 Å². The highest BCUT2D eigenvalue weighted by Crippen LogP contribution is 2.28. The van der Waals surface area contributed by atoms with Crippen molar-refractivity contribution in [2.24, 2.45) is 0 Å². The van der Waals surface area contributed by atoms with E-state index in [-0.39, 0.29) is 0 Å². The number of rotatable bonds is 2. The fraction of sp³-hybridized carbons (Fsp3) is 0.111. The lowest BCUT2D eigenvalue weighted by molar-refractivity contribution is 1.38. The Labute approximate surface area is 194 Å². The highest BCUT2D eigenvalue weighted by atomic mass is 35.5.